The van der Waals surface area contributed by atoms with Crippen LogP contribution in [0.5, 0.6) is 11.5 Å². The summed E-state index contributed by atoms with van der Waals surface area (Å²) in [6.45, 7) is 0.344. The molecule has 0 bridgehead atoms. The predicted molar refractivity (Wildman–Crippen MR) is 110 cm³/mol. The van der Waals surface area contributed by atoms with Crippen molar-refractivity contribution in [3.63, 3.8) is 0 Å². The Morgan fingerprint density at radius 1 is 1.03 bits per heavy atom. The summed E-state index contributed by atoms with van der Waals surface area (Å²) < 4.78 is 10.4. The summed E-state index contributed by atoms with van der Waals surface area (Å²) in [6.07, 6.45) is 1.37. The Kier molecular flexibility index (Phi) is 8.37. The second kappa shape index (κ2) is 11.2. The zero-order chi connectivity index (χ0) is 21.9. The van der Waals surface area contributed by atoms with Gasteiger partial charge in [-0.25, -0.2) is 10.2 Å². The molecule has 2 aromatic rings. The highest BCUT2D eigenvalue weighted by Crippen LogP contribution is 2.27. The third-order valence-electron chi connectivity index (χ3n) is 4.09. The molecule has 2 amide bonds. The summed E-state index contributed by atoms with van der Waals surface area (Å²) in [5.74, 6) is -0.939. The van der Waals surface area contributed by atoms with Gasteiger partial charge in [0.15, 0.2) is 11.5 Å². The summed E-state index contributed by atoms with van der Waals surface area (Å²) in [4.78, 5) is 34.8. The number of benzene rings is 2. The molecule has 3 N–H and O–H groups in total. The molecule has 2 aromatic carbocycles. The molecule has 0 spiro atoms. The van der Waals surface area contributed by atoms with Crippen LogP contribution < -0.4 is 20.2 Å². The van der Waals surface area contributed by atoms with Crippen LogP contribution >= 0.6 is 0 Å². The molecule has 9 heteroatoms. The standard InChI is InChI=1S/C21H23N3O6/c1-29-17-8-7-14(11-18(17)30-2)9-10-22-19(25)12-20(26)24-23-13-15-5-3-4-6-16(15)21(27)28/h3-8,11,13H,9-10,12H2,1-2H3,(H,22,25)(H,24,26)(H,27,28)/b23-13+. The molecule has 0 aliphatic rings. The topological polar surface area (TPSA) is 126 Å². The Bertz CT molecular complexity index is 942. The van der Waals surface area contributed by atoms with Crippen molar-refractivity contribution in [2.24, 2.45) is 5.10 Å². The van der Waals surface area contributed by atoms with Gasteiger partial charge in [-0.1, -0.05) is 24.3 Å². The molecule has 0 fully saturated rings. The third kappa shape index (κ3) is 6.62. The Morgan fingerprint density at radius 3 is 2.47 bits per heavy atom. The van der Waals surface area contributed by atoms with Gasteiger partial charge >= 0.3 is 5.97 Å². The lowest BCUT2D eigenvalue weighted by Crippen LogP contribution is -2.31. The lowest BCUT2D eigenvalue weighted by Gasteiger charge is -2.10. The number of aromatic carboxylic acids is 1. The summed E-state index contributed by atoms with van der Waals surface area (Å²) in [7, 11) is 3.10. The molecule has 0 aliphatic carbocycles. The van der Waals surface area contributed by atoms with Gasteiger partial charge in [-0.05, 0) is 30.2 Å². The van der Waals surface area contributed by atoms with E-state index < -0.39 is 24.2 Å². The van der Waals surface area contributed by atoms with Gasteiger partial charge in [-0.15, -0.1) is 0 Å². The van der Waals surface area contributed by atoms with Crippen molar-refractivity contribution in [2.75, 3.05) is 20.8 Å². The minimum absolute atomic E-state index is 0.0587. The molecule has 0 aliphatic heterocycles. The number of ether oxygens (including phenoxy) is 2. The quantitative estimate of drug-likeness (QED) is 0.309. The van der Waals surface area contributed by atoms with E-state index in [2.05, 4.69) is 15.8 Å². The van der Waals surface area contributed by atoms with Gasteiger partial charge < -0.3 is 19.9 Å². The largest absolute Gasteiger partial charge is 0.493 e. The lowest BCUT2D eigenvalue weighted by molar-refractivity contribution is -0.129. The summed E-state index contributed by atoms with van der Waals surface area (Å²) >= 11 is 0. The van der Waals surface area contributed by atoms with Crippen LogP contribution in [0.1, 0.15) is 27.9 Å². The van der Waals surface area contributed by atoms with Gasteiger partial charge in [0.2, 0.25) is 11.8 Å². The van der Waals surface area contributed by atoms with Crippen LogP contribution in [0.3, 0.4) is 0 Å². The van der Waals surface area contributed by atoms with Gasteiger partial charge in [-0.3, -0.25) is 9.59 Å². The first kappa shape index (κ1) is 22.4. The fourth-order valence-electron chi connectivity index (χ4n) is 2.61. The first-order chi connectivity index (χ1) is 14.4. The Balaban J connectivity index is 1.77. The minimum Gasteiger partial charge on any atom is -0.493 e. The number of carboxylic acids is 1. The fourth-order valence-corrected chi connectivity index (χ4v) is 2.61. The number of amides is 2. The van der Waals surface area contributed by atoms with Crippen molar-refractivity contribution >= 4 is 24.0 Å². The lowest BCUT2D eigenvalue weighted by atomic mass is 10.1. The van der Waals surface area contributed by atoms with E-state index in [1.54, 1.807) is 38.5 Å². The maximum Gasteiger partial charge on any atom is 0.336 e. The van der Waals surface area contributed by atoms with Crippen molar-refractivity contribution in [3.8, 4) is 11.5 Å². The molecule has 2 rings (SSSR count). The van der Waals surface area contributed by atoms with E-state index in [1.807, 2.05) is 12.1 Å². The van der Waals surface area contributed by atoms with E-state index in [9.17, 15) is 14.4 Å². The molecular formula is C21H23N3O6. The first-order valence-electron chi connectivity index (χ1n) is 9.06. The molecule has 9 nitrogen and oxygen atoms in total. The normalized spacial score (nSPS) is 10.5. The molecule has 0 atom stereocenters. The molecular weight excluding hydrogens is 390 g/mol. The highest BCUT2D eigenvalue weighted by Gasteiger charge is 2.10. The fraction of sp³-hybridized carbons (Fsp3) is 0.238. The van der Waals surface area contributed by atoms with Crippen molar-refractivity contribution in [1.82, 2.24) is 10.7 Å². The Hall–Kier alpha value is -3.88. The number of carbonyl (C=O) groups excluding carboxylic acids is 2. The van der Waals surface area contributed by atoms with E-state index in [-0.39, 0.29) is 5.56 Å². The smallest absolute Gasteiger partial charge is 0.336 e. The van der Waals surface area contributed by atoms with Crippen LogP contribution in [0.2, 0.25) is 0 Å². The molecule has 0 radical (unpaired) electrons. The number of hydrazone groups is 1. The maximum atomic E-state index is 11.9. The molecule has 0 saturated heterocycles. The third-order valence-corrected chi connectivity index (χ3v) is 4.09. The number of nitrogens with one attached hydrogen (secondary N) is 2. The monoisotopic (exact) mass is 413 g/mol. The second-order valence-corrected chi connectivity index (χ2v) is 6.15. The minimum atomic E-state index is -1.10. The van der Waals surface area contributed by atoms with Crippen LogP contribution in [0.25, 0.3) is 0 Å². The van der Waals surface area contributed by atoms with Gasteiger partial charge in [-0.2, -0.15) is 5.10 Å². The molecule has 0 aromatic heterocycles. The van der Waals surface area contributed by atoms with Crippen LogP contribution in [-0.2, 0) is 16.0 Å². The zero-order valence-corrected chi connectivity index (χ0v) is 16.7. The number of methoxy groups -OCH3 is 2. The van der Waals surface area contributed by atoms with E-state index in [0.717, 1.165) is 5.56 Å². The average molecular weight is 413 g/mol. The van der Waals surface area contributed by atoms with Crippen LogP contribution in [0, 0.1) is 0 Å². The first-order valence-corrected chi connectivity index (χ1v) is 9.06. The summed E-state index contributed by atoms with van der Waals surface area (Å²) in [6, 6.07) is 11.7. The summed E-state index contributed by atoms with van der Waals surface area (Å²) in [5.41, 5.74) is 3.55. The maximum absolute atomic E-state index is 11.9. The van der Waals surface area contributed by atoms with Crippen LogP contribution in [0.15, 0.2) is 47.6 Å². The van der Waals surface area contributed by atoms with E-state index in [1.165, 1.54) is 12.3 Å². The Morgan fingerprint density at radius 2 is 1.77 bits per heavy atom. The zero-order valence-electron chi connectivity index (χ0n) is 16.7. The highest BCUT2D eigenvalue weighted by atomic mass is 16.5. The number of hydrogen-bond donors (Lipinski definition) is 3. The van der Waals surface area contributed by atoms with Crippen LogP contribution in [-0.4, -0.2) is 49.9 Å². The van der Waals surface area contributed by atoms with E-state index >= 15 is 0 Å². The molecule has 158 valence electrons. The number of carboxylic acid groups (broad SMARTS) is 1. The summed E-state index contributed by atoms with van der Waals surface area (Å²) in [5, 5.41) is 15.5. The molecule has 0 saturated carbocycles. The number of carbonyl (C=O) groups is 3. The number of rotatable bonds is 10. The highest BCUT2D eigenvalue weighted by molar-refractivity contribution is 5.99. The second-order valence-electron chi connectivity index (χ2n) is 6.15. The SMILES string of the molecule is COc1ccc(CCNC(=O)CC(=O)N/N=C/c2ccccc2C(=O)O)cc1OC. The van der Waals surface area contributed by atoms with Gasteiger partial charge in [0.1, 0.15) is 6.42 Å². The van der Waals surface area contributed by atoms with Crippen molar-refractivity contribution in [2.45, 2.75) is 12.8 Å². The molecule has 30 heavy (non-hydrogen) atoms. The van der Waals surface area contributed by atoms with Gasteiger partial charge in [0, 0.05) is 12.1 Å². The molecule has 0 heterocycles. The van der Waals surface area contributed by atoms with Gasteiger partial charge in [0.05, 0.1) is 26.0 Å². The van der Waals surface area contributed by atoms with E-state index in [4.69, 9.17) is 14.6 Å². The number of nitrogens with zero attached hydrogens (tertiary/aromatic N) is 1. The predicted octanol–water partition coefficient (Wildman–Crippen LogP) is 1.60. The average Bonchev–Trinajstić information content (AvgIpc) is 2.73. The van der Waals surface area contributed by atoms with Crippen molar-refractivity contribution in [1.29, 1.82) is 0 Å². The Labute approximate surface area is 173 Å². The van der Waals surface area contributed by atoms with E-state index in [0.29, 0.717) is 30.0 Å². The van der Waals surface area contributed by atoms with Crippen LogP contribution in [0.4, 0.5) is 0 Å². The van der Waals surface area contributed by atoms with Crippen molar-refractivity contribution in [3.05, 3.63) is 59.2 Å². The van der Waals surface area contributed by atoms with Gasteiger partial charge in [0.25, 0.3) is 0 Å². The van der Waals surface area contributed by atoms with Crippen molar-refractivity contribution < 1.29 is 29.0 Å². The number of hydrogen-bond acceptors (Lipinski definition) is 6. The molecule has 0 unspecified atom stereocenters.